The molecule has 0 aromatic heterocycles. The molecule has 1 unspecified atom stereocenters. The summed E-state index contributed by atoms with van der Waals surface area (Å²) in [6.07, 6.45) is 2.99. The number of rotatable bonds is 7. The summed E-state index contributed by atoms with van der Waals surface area (Å²) in [6, 6.07) is 10.5. The third-order valence-corrected chi connectivity index (χ3v) is 6.59. The van der Waals surface area contributed by atoms with Crippen LogP contribution in [0.4, 0.5) is 4.39 Å². The van der Waals surface area contributed by atoms with Gasteiger partial charge in [0, 0.05) is 20.2 Å². The molecule has 0 saturated heterocycles. The van der Waals surface area contributed by atoms with E-state index in [0.29, 0.717) is 12.5 Å². The minimum atomic E-state index is -3.71. The first-order valence-corrected chi connectivity index (χ1v) is 10.3. The number of hydrogen-bond donors (Lipinski definition) is 1. The lowest BCUT2D eigenvalue weighted by molar-refractivity contribution is 0.198. The molecule has 1 aliphatic carbocycles. The lowest BCUT2D eigenvalue weighted by Crippen LogP contribution is -2.27. The van der Waals surface area contributed by atoms with Gasteiger partial charge in [-0.1, -0.05) is 12.1 Å². The monoisotopic (exact) mass is 377 g/mol. The van der Waals surface area contributed by atoms with Crippen molar-refractivity contribution in [3.63, 3.8) is 0 Å². The first-order valence-electron chi connectivity index (χ1n) is 8.85. The van der Waals surface area contributed by atoms with Gasteiger partial charge in [-0.2, -0.15) is 0 Å². The van der Waals surface area contributed by atoms with E-state index in [1.165, 1.54) is 23.8 Å². The molecule has 1 N–H and O–H groups in total. The van der Waals surface area contributed by atoms with E-state index in [4.69, 9.17) is 4.74 Å². The maximum Gasteiger partial charge on any atom is 0.206 e. The van der Waals surface area contributed by atoms with Crippen LogP contribution in [0.3, 0.4) is 0 Å². The molecule has 1 aliphatic rings. The summed E-state index contributed by atoms with van der Waals surface area (Å²) in [5.74, 6) is -0.173. The quantitative estimate of drug-likeness (QED) is 0.752. The molecule has 4 nitrogen and oxygen atoms in total. The zero-order valence-electron chi connectivity index (χ0n) is 14.9. The van der Waals surface area contributed by atoms with Crippen LogP contribution in [0, 0.1) is 5.82 Å². The van der Waals surface area contributed by atoms with E-state index in [0.717, 1.165) is 44.0 Å². The molecule has 140 valence electrons. The van der Waals surface area contributed by atoms with Crippen LogP contribution in [0.15, 0.2) is 52.3 Å². The third-order valence-electron chi connectivity index (χ3n) is 4.84. The Labute approximate surface area is 154 Å². The highest BCUT2D eigenvalue weighted by Gasteiger charge is 2.24. The Morgan fingerprint density at radius 2 is 2.00 bits per heavy atom. The van der Waals surface area contributed by atoms with Crippen LogP contribution in [-0.4, -0.2) is 35.2 Å². The Morgan fingerprint density at radius 1 is 1.19 bits per heavy atom. The van der Waals surface area contributed by atoms with Gasteiger partial charge < -0.3 is 10.1 Å². The molecule has 0 fully saturated rings. The van der Waals surface area contributed by atoms with Crippen molar-refractivity contribution in [2.24, 2.45) is 0 Å². The van der Waals surface area contributed by atoms with Crippen molar-refractivity contribution in [1.82, 2.24) is 5.32 Å². The maximum absolute atomic E-state index is 13.4. The van der Waals surface area contributed by atoms with E-state index in [2.05, 4.69) is 5.32 Å². The molecule has 0 bridgehead atoms. The zero-order valence-corrected chi connectivity index (χ0v) is 15.7. The molecular weight excluding hydrogens is 353 g/mol. The van der Waals surface area contributed by atoms with E-state index >= 15 is 0 Å². The molecule has 2 aromatic carbocycles. The van der Waals surface area contributed by atoms with E-state index < -0.39 is 15.7 Å². The molecule has 1 atom stereocenters. The van der Waals surface area contributed by atoms with Crippen molar-refractivity contribution in [2.45, 2.75) is 35.0 Å². The summed E-state index contributed by atoms with van der Waals surface area (Å²) in [7, 11) is -2.03. The summed E-state index contributed by atoms with van der Waals surface area (Å²) in [6.45, 7) is 2.32. The summed E-state index contributed by atoms with van der Waals surface area (Å²) in [5.41, 5.74) is 2.28. The second kappa shape index (κ2) is 8.29. The predicted octanol–water partition coefficient (Wildman–Crippen LogP) is 3.31. The highest BCUT2D eigenvalue weighted by atomic mass is 32.2. The van der Waals surface area contributed by atoms with Crippen LogP contribution in [0.2, 0.25) is 0 Å². The fourth-order valence-corrected chi connectivity index (χ4v) is 4.83. The van der Waals surface area contributed by atoms with Gasteiger partial charge in [0.2, 0.25) is 9.84 Å². The second-order valence-corrected chi connectivity index (χ2v) is 8.56. The molecule has 3 rings (SSSR count). The number of sulfone groups is 1. The first kappa shape index (κ1) is 19.0. The largest absolute Gasteiger partial charge is 0.383 e. The van der Waals surface area contributed by atoms with Gasteiger partial charge in [-0.3, -0.25) is 0 Å². The van der Waals surface area contributed by atoms with Gasteiger partial charge >= 0.3 is 0 Å². The molecule has 0 heterocycles. The highest BCUT2D eigenvalue weighted by Crippen LogP contribution is 2.33. The summed E-state index contributed by atoms with van der Waals surface area (Å²) in [4.78, 5) is 0.223. The molecule has 0 amide bonds. The third kappa shape index (κ3) is 4.14. The van der Waals surface area contributed by atoms with Crippen LogP contribution in [0.5, 0.6) is 0 Å². The van der Waals surface area contributed by atoms with Crippen molar-refractivity contribution in [3.05, 3.63) is 59.4 Å². The molecule has 2 aromatic rings. The van der Waals surface area contributed by atoms with Crippen LogP contribution in [-0.2, 0) is 21.0 Å². The average molecular weight is 377 g/mol. The van der Waals surface area contributed by atoms with Gasteiger partial charge in [-0.05, 0) is 66.6 Å². The first-order chi connectivity index (χ1) is 12.5. The van der Waals surface area contributed by atoms with E-state index in [1.54, 1.807) is 19.2 Å². The molecule has 0 aliphatic heterocycles. The van der Waals surface area contributed by atoms with Crippen molar-refractivity contribution in [3.8, 4) is 0 Å². The number of nitrogens with one attached hydrogen (secondary N) is 1. The van der Waals surface area contributed by atoms with Crippen molar-refractivity contribution < 1.29 is 17.5 Å². The smallest absolute Gasteiger partial charge is 0.206 e. The average Bonchev–Trinajstić information content (AvgIpc) is 2.65. The molecule has 26 heavy (non-hydrogen) atoms. The normalized spacial score (nSPS) is 17.1. The lowest BCUT2D eigenvalue weighted by Gasteiger charge is -2.26. The Bertz CT molecular complexity index is 867. The number of halogens is 1. The number of benzene rings is 2. The van der Waals surface area contributed by atoms with Gasteiger partial charge in [-0.25, -0.2) is 12.8 Å². The SMILES string of the molecule is COCCNCC1CCCc2cc(S(=O)(=O)c3cccc(F)c3)ccc21. The molecule has 0 spiro atoms. The Morgan fingerprint density at radius 3 is 2.77 bits per heavy atom. The van der Waals surface area contributed by atoms with Crippen LogP contribution >= 0.6 is 0 Å². The lowest BCUT2D eigenvalue weighted by atomic mass is 9.83. The Balaban J connectivity index is 1.84. The fourth-order valence-electron chi connectivity index (χ4n) is 3.49. The van der Waals surface area contributed by atoms with Crippen LogP contribution in [0.25, 0.3) is 0 Å². The number of hydrogen-bond acceptors (Lipinski definition) is 4. The second-order valence-electron chi connectivity index (χ2n) is 6.61. The van der Waals surface area contributed by atoms with E-state index in [1.807, 2.05) is 6.07 Å². The highest BCUT2D eigenvalue weighted by molar-refractivity contribution is 7.91. The van der Waals surface area contributed by atoms with E-state index in [-0.39, 0.29) is 9.79 Å². The van der Waals surface area contributed by atoms with Gasteiger partial charge in [-0.15, -0.1) is 0 Å². The maximum atomic E-state index is 13.4. The van der Waals surface area contributed by atoms with Crippen LogP contribution < -0.4 is 5.32 Å². The zero-order chi connectivity index (χ0) is 18.6. The molecule has 0 saturated carbocycles. The number of fused-ring (bicyclic) bond motifs is 1. The van der Waals surface area contributed by atoms with Gasteiger partial charge in [0.15, 0.2) is 0 Å². The predicted molar refractivity (Wildman–Crippen MR) is 98.7 cm³/mol. The Hall–Kier alpha value is -1.76. The molecule has 0 radical (unpaired) electrons. The molecular formula is C20H24FNO3S. The van der Waals surface area contributed by atoms with Crippen molar-refractivity contribution >= 4 is 9.84 Å². The van der Waals surface area contributed by atoms with Crippen LogP contribution in [0.1, 0.15) is 29.9 Å². The number of aryl methyl sites for hydroxylation is 1. The minimum absolute atomic E-state index is 0.00829. The topological polar surface area (TPSA) is 55.4 Å². The number of methoxy groups -OCH3 is 1. The van der Waals surface area contributed by atoms with Crippen molar-refractivity contribution in [1.29, 1.82) is 0 Å². The van der Waals surface area contributed by atoms with Crippen molar-refractivity contribution in [2.75, 3.05) is 26.8 Å². The van der Waals surface area contributed by atoms with Gasteiger partial charge in [0.1, 0.15) is 5.82 Å². The fraction of sp³-hybridized carbons (Fsp3) is 0.400. The minimum Gasteiger partial charge on any atom is -0.383 e. The molecule has 6 heteroatoms. The standard InChI is InChI=1S/C20H24FNO3S/c1-25-11-10-22-14-16-5-2-4-15-12-19(8-9-20(15)16)26(23,24)18-7-3-6-17(21)13-18/h3,6-9,12-13,16,22H,2,4-5,10-11,14H2,1H3. The number of ether oxygens (including phenoxy) is 1. The summed E-state index contributed by atoms with van der Waals surface area (Å²) in [5, 5.41) is 3.39. The van der Waals surface area contributed by atoms with Gasteiger partial charge in [0.05, 0.1) is 16.4 Å². The summed E-state index contributed by atoms with van der Waals surface area (Å²) >= 11 is 0. The van der Waals surface area contributed by atoms with E-state index in [9.17, 15) is 12.8 Å². The Kier molecular flexibility index (Phi) is 6.06. The van der Waals surface area contributed by atoms with Gasteiger partial charge in [0.25, 0.3) is 0 Å². The summed E-state index contributed by atoms with van der Waals surface area (Å²) < 4.78 is 44.1.